The third-order valence-corrected chi connectivity index (χ3v) is 5.80. The van der Waals surface area contributed by atoms with Crippen molar-refractivity contribution in [3.05, 3.63) is 42.6 Å². The van der Waals surface area contributed by atoms with Crippen molar-refractivity contribution in [2.24, 2.45) is 0 Å². The predicted molar refractivity (Wildman–Crippen MR) is 97.0 cm³/mol. The minimum absolute atomic E-state index is 0.0383. The predicted octanol–water partition coefficient (Wildman–Crippen LogP) is 0.381. The molecule has 0 radical (unpaired) electrons. The van der Waals surface area contributed by atoms with Gasteiger partial charge >= 0.3 is 0 Å². The minimum atomic E-state index is -4.76. The molecule has 0 spiro atoms. The minimum Gasteiger partial charge on any atom is -0.395 e. The van der Waals surface area contributed by atoms with Crippen LogP contribution in [0.2, 0.25) is 0 Å². The molecule has 27 heavy (non-hydrogen) atoms. The lowest BCUT2D eigenvalue weighted by Gasteiger charge is -2.34. The summed E-state index contributed by atoms with van der Waals surface area (Å²) in [7, 11) is -9.36. The van der Waals surface area contributed by atoms with Gasteiger partial charge in [-0.3, -0.25) is 14.1 Å². The Balaban J connectivity index is 2.26. The number of β-amino-alcohol motifs (C(OH)–C–C–N with tert-alkyl or cyclic N) is 1. The molecule has 0 unspecified atom stereocenters. The first-order valence-corrected chi connectivity index (χ1v) is 10.6. The first-order valence-electron chi connectivity index (χ1n) is 7.71. The lowest BCUT2D eigenvalue weighted by molar-refractivity contribution is 0.151. The van der Waals surface area contributed by atoms with Gasteiger partial charge in [0.25, 0.3) is 20.2 Å². The Bertz CT molecular complexity index is 1110. The number of hydrogen-bond acceptors (Lipinski definition) is 8. The van der Waals surface area contributed by atoms with E-state index in [-0.39, 0.29) is 29.6 Å². The highest BCUT2D eigenvalue weighted by Gasteiger charge is 2.26. The van der Waals surface area contributed by atoms with Gasteiger partial charge in [-0.1, -0.05) is 24.3 Å². The topological polar surface area (TPSA) is 147 Å². The highest BCUT2D eigenvalue weighted by atomic mass is 32.2. The largest absolute Gasteiger partial charge is 0.395 e. The monoisotopic (exact) mass is 415 g/mol. The molecule has 0 atom stereocenters. The summed E-state index contributed by atoms with van der Waals surface area (Å²) in [5.74, 6) is 0. The number of hydrogen-bond donors (Lipinski definition) is 4. The molecule has 146 valence electrons. The van der Waals surface area contributed by atoms with Gasteiger partial charge in [-0.15, -0.1) is 0 Å². The second-order valence-corrected chi connectivity index (χ2v) is 8.49. The third-order valence-electron chi connectivity index (χ3n) is 3.95. The van der Waals surface area contributed by atoms with Gasteiger partial charge in [-0.25, -0.2) is 5.01 Å². The van der Waals surface area contributed by atoms with Gasteiger partial charge in [-0.05, 0) is 12.1 Å². The molecule has 0 saturated carbocycles. The molecule has 0 bridgehead atoms. The summed E-state index contributed by atoms with van der Waals surface area (Å²) in [5.41, 5.74) is 2.91. The first kappa shape index (κ1) is 19.7. The maximum absolute atomic E-state index is 12.1. The fraction of sp³-hybridized carbons (Fsp3) is 0.200. The average Bonchev–Trinajstić information content (AvgIpc) is 2.59. The van der Waals surface area contributed by atoms with Crippen molar-refractivity contribution in [2.75, 3.05) is 24.7 Å². The standard InChI is InChI=1S/C15H17N3O7S2/c19-10-9-17-7-2-8-18(16-17)13-6-5-11-12(15(13)27(23,24)25)3-1-4-14(11)26(20,21)22/h1-6,8,16,19H,7,9-10H2,(H,20,21,22)(H,23,24,25). The molecular weight excluding hydrogens is 398 g/mol. The molecule has 2 aromatic rings. The fourth-order valence-corrected chi connectivity index (χ4v) is 4.47. The molecule has 0 aromatic heterocycles. The molecule has 0 aliphatic carbocycles. The van der Waals surface area contributed by atoms with Crippen LogP contribution in [-0.4, -0.2) is 55.8 Å². The highest BCUT2D eigenvalue weighted by Crippen LogP contribution is 2.35. The molecule has 3 rings (SSSR count). The zero-order valence-electron chi connectivity index (χ0n) is 13.8. The number of fused-ring (bicyclic) bond motifs is 1. The molecule has 0 saturated heterocycles. The Morgan fingerprint density at radius 3 is 2.37 bits per heavy atom. The quantitative estimate of drug-likeness (QED) is 0.505. The Hall–Kier alpha value is -2.06. The van der Waals surface area contributed by atoms with E-state index in [0.29, 0.717) is 6.54 Å². The highest BCUT2D eigenvalue weighted by molar-refractivity contribution is 7.86. The second kappa shape index (κ2) is 7.16. The second-order valence-electron chi connectivity index (χ2n) is 5.74. The average molecular weight is 415 g/mol. The molecule has 4 N–H and O–H groups in total. The van der Waals surface area contributed by atoms with Gasteiger partial charge in [0, 0.05) is 30.1 Å². The van der Waals surface area contributed by atoms with E-state index in [4.69, 9.17) is 5.11 Å². The van der Waals surface area contributed by atoms with Gasteiger partial charge in [0.2, 0.25) is 0 Å². The van der Waals surface area contributed by atoms with Crippen LogP contribution in [0.5, 0.6) is 0 Å². The van der Waals surface area contributed by atoms with E-state index in [1.165, 1.54) is 35.5 Å². The Kier molecular flexibility index (Phi) is 5.22. The fourth-order valence-electron chi connectivity index (χ4n) is 2.88. The van der Waals surface area contributed by atoms with Gasteiger partial charge in [0.15, 0.2) is 0 Å². The van der Waals surface area contributed by atoms with E-state index in [0.717, 1.165) is 6.07 Å². The van der Waals surface area contributed by atoms with Crippen molar-refractivity contribution in [1.29, 1.82) is 0 Å². The smallest absolute Gasteiger partial charge is 0.297 e. The number of aliphatic hydroxyl groups excluding tert-OH is 1. The van der Waals surface area contributed by atoms with Crippen molar-refractivity contribution in [1.82, 2.24) is 10.5 Å². The van der Waals surface area contributed by atoms with E-state index >= 15 is 0 Å². The van der Waals surface area contributed by atoms with Crippen LogP contribution in [-0.2, 0) is 20.2 Å². The normalized spacial score (nSPS) is 16.2. The van der Waals surface area contributed by atoms with Crippen LogP contribution in [0.25, 0.3) is 10.8 Å². The number of aliphatic hydroxyl groups is 1. The van der Waals surface area contributed by atoms with Crippen LogP contribution in [0.4, 0.5) is 5.69 Å². The molecule has 2 aromatic carbocycles. The number of nitrogens with one attached hydrogen (secondary N) is 1. The van der Waals surface area contributed by atoms with Crippen molar-refractivity contribution in [3.63, 3.8) is 0 Å². The van der Waals surface area contributed by atoms with Gasteiger partial charge in [0.1, 0.15) is 9.79 Å². The number of nitrogens with zero attached hydrogens (tertiary/aromatic N) is 2. The summed E-state index contributed by atoms with van der Waals surface area (Å²) in [5, 5.41) is 11.9. The van der Waals surface area contributed by atoms with Crippen molar-refractivity contribution >= 4 is 36.7 Å². The van der Waals surface area contributed by atoms with E-state index in [1.54, 1.807) is 11.1 Å². The van der Waals surface area contributed by atoms with Gasteiger partial charge in [0.05, 0.1) is 12.3 Å². The van der Waals surface area contributed by atoms with Crippen LogP contribution in [0, 0.1) is 0 Å². The summed E-state index contributed by atoms with van der Waals surface area (Å²) < 4.78 is 66.5. The molecule has 0 amide bonds. The SMILES string of the molecule is O=S(=O)(O)c1cccc2c(S(=O)(=O)O)c(N3C=CCN(CCO)N3)ccc12. The third kappa shape index (κ3) is 3.96. The molecule has 0 fully saturated rings. The van der Waals surface area contributed by atoms with Crippen molar-refractivity contribution in [3.8, 4) is 0 Å². The van der Waals surface area contributed by atoms with Crippen molar-refractivity contribution < 1.29 is 31.0 Å². The lowest BCUT2D eigenvalue weighted by Crippen LogP contribution is -2.51. The maximum Gasteiger partial charge on any atom is 0.297 e. The Labute approximate surface area is 155 Å². The van der Waals surface area contributed by atoms with Crippen LogP contribution < -0.4 is 10.5 Å². The summed E-state index contributed by atoms with van der Waals surface area (Å²) in [6.45, 7) is 0.594. The summed E-state index contributed by atoms with van der Waals surface area (Å²) >= 11 is 0. The molecular formula is C15H17N3O7S2. The van der Waals surface area contributed by atoms with Crippen molar-refractivity contribution in [2.45, 2.75) is 9.79 Å². The van der Waals surface area contributed by atoms with E-state index < -0.39 is 30.0 Å². The maximum atomic E-state index is 12.1. The van der Waals surface area contributed by atoms with Crippen LogP contribution in [0.15, 0.2) is 52.4 Å². The molecule has 10 nitrogen and oxygen atoms in total. The van der Waals surface area contributed by atoms with Crippen LogP contribution in [0.1, 0.15) is 0 Å². The van der Waals surface area contributed by atoms with Crippen LogP contribution in [0.3, 0.4) is 0 Å². The Morgan fingerprint density at radius 1 is 1.00 bits per heavy atom. The van der Waals surface area contributed by atoms with Gasteiger partial charge < -0.3 is 5.11 Å². The Morgan fingerprint density at radius 2 is 1.74 bits per heavy atom. The molecule has 1 aliphatic heterocycles. The first-order chi connectivity index (χ1) is 12.6. The lowest BCUT2D eigenvalue weighted by atomic mass is 10.1. The van der Waals surface area contributed by atoms with Crippen LogP contribution >= 0.6 is 0 Å². The number of hydrazine groups is 2. The van der Waals surface area contributed by atoms with E-state index in [2.05, 4.69) is 5.53 Å². The zero-order chi connectivity index (χ0) is 19.8. The molecule has 12 heteroatoms. The van der Waals surface area contributed by atoms with E-state index in [9.17, 15) is 25.9 Å². The summed E-state index contributed by atoms with van der Waals surface area (Å²) in [6, 6.07) is 6.37. The number of anilines is 1. The zero-order valence-corrected chi connectivity index (χ0v) is 15.5. The number of benzene rings is 2. The summed E-state index contributed by atoms with van der Waals surface area (Å²) in [4.78, 5) is -0.992. The van der Waals surface area contributed by atoms with E-state index in [1.807, 2.05) is 0 Å². The number of rotatable bonds is 5. The molecule has 1 heterocycles. The summed E-state index contributed by atoms with van der Waals surface area (Å²) in [6.07, 6.45) is 3.25. The molecule has 1 aliphatic rings. The van der Waals surface area contributed by atoms with Gasteiger partial charge in [-0.2, -0.15) is 22.4 Å².